The van der Waals surface area contributed by atoms with E-state index >= 15 is 0 Å². The Morgan fingerprint density at radius 3 is 1.98 bits per heavy atom. The molecule has 0 fully saturated rings. The average molecular weight is 676 g/mol. The van der Waals surface area contributed by atoms with Gasteiger partial charge in [-0.25, -0.2) is 0 Å². The fourth-order valence-electron chi connectivity index (χ4n) is 5.39. The number of likely N-dealkylation sites (N-methyl/N-ethyl adjacent to an activating group) is 1. The fraction of sp³-hybridized carbons (Fsp3) is 0.146. The number of hydrogen-bond acceptors (Lipinski definition) is 7. The molecule has 0 aliphatic rings. The molecule has 1 heterocycles. The summed E-state index contributed by atoms with van der Waals surface area (Å²) in [7, 11) is 4.09. The highest BCUT2D eigenvalue weighted by molar-refractivity contribution is 6.18. The summed E-state index contributed by atoms with van der Waals surface area (Å²) in [6.45, 7) is 1.57. The van der Waals surface area contributed by atoms with Crippen LogP contribution in [0.1, 0.15) is 23.1 Å². The van der Waals surface area contributed by atoms with E-state index in [0.717, 1.165) is 24.8 Å². The normalized spacial score (nSPS) is 11.5. The number of ether oxygens (including phenoxy) is 1. The van der Waals surface area contributed by atoms with Gasteiger partial charge in [0.25, 0.3) is 0 Å². The highest BCUT2D eigenvalue weighted by Gasteiger charge is 2.15. The van der Waals surface area contributed by atoms with Crippen molar-refractivity contribution in [3.05, 3.63) is 155 Å². The lowest BCUT2D eigenvalue weighted by atomic mass is 9.88. The number of hydrogen-bond donors (Lipinski definition) is 3. The molecule has 0 unspecified atom stereocenters. The first-order valence-electron chi connectivity index (χ1n) is 15.8. The Morgan fingerprint density at radius 2 is 1.37 bits per heavy atom. The van der Waals surface area contributed by atoms with E-state index in [0.29, 0.717) is 18.1 Å². The first kappa shape index (κ1) is 34.8. The molecule has 49 heavy (non-hydrogen) atoms. The smallest absolute Gasteiger partial charge is 0.204 e. The number of allylic oxidation sites excluding steroid dienone is 1. The lowest BCUT2D eigenvalue weighted by Gasteiger charge is -2.17. The Morgan fingerprint density at radius 1 is 0.755 bits per heavy atom. The van der Waals surface area contributed by atoms with Crippen LogP contribution in [0.25, 0.3) is 33.2 Å². The summed E-state index contributed by atoms with van der Waals surface area (Å²) in [5, 5.41) is 28.4. The van der Waals surface area contributed by atoms with Gasteiger partial charge in [0.1, 0.15) is 46.8 Å². The minimum Gasteiger partial charge on any atom is -0.508 e. The third kappa shape index (κ3) is 8.90. The second kappa shape index (κ2) is 16.6. The Balaban J connectivity index is 0.000000204. The predicted molar refractivity (Wildman–Crippen MR) is 198 cm³/mol. The van der Waals surface area contributed by atoms with E-state index in [2.05, 4.69) is 77.7 Å². The van der Waals surface area contributed by atoms with Gasteiger partial charge in [0.2, 0.25) is 5.43 Å². The monoisotopic (exact) mass is 675 g/mol. The molecule has 0 radical (unpaired) electrons. The van der Waals surface area contributed by atoms with Crippen molar-refractivity contribution in [2.45, 2.75) is 6.42 Å². The summed E-state index contributed by atoms with van der Waals surface area (Å²) >= 11 is 6.21. The Kier molecular flexibility index (Phi) is 11.8. The Labute approximate surface area is 290 Å². The van der Waals surface area contributed by atoms with Crippen molar-refractivity contribution in [3.8, 4) is 34.1 Å². The van der Waals surface area contributed by atoms with Gasteiger partial charge in [0.15, 0.2) is 0 Å². The van der Waals surface area contributed by atoms with Crippen LogP contribution < -0.4 is 10.2 Å². The van der Waals surface area contributed by atoms with Crippen molar-refractivity contribution >= 4 is 33.7 Å². The van der Waals surface area contributed by atoms with Crippen molar-refractivity contribution in [1.82, 2.24) is 4.90 Å². The zero-order chi connectivity index (χ0) is 34.8. The van der Waals surface area contributed by atoms with E-state index in [4.69, 9.17) is 20.8 Å². The minimum atomic E-state index is -0.408. The molecule has 3 N–H and O–H groups in total. The maximum atomic E-state index is 12.4. The van der Waals surface area contributed by atoms with Crippen LogP contribution in [0.4, 0.5) is 0 Å². The van der Waals surface area contributed by atoms with Crippen LogP contribution in [-0.4, -0.2) is 53.3 Å². The van der Waals surface area contributed by atoms with Crippen LogP contribution in [0.3, 0.4) is 0 Å². The third-order valence-corrected chi connectivity index (χ3v) is 7.99. The molecule has 250 valence electrons. The molecule has 8 heteroatoms. The van der Waals surface area contributed by atoms with Gasteiger partial charge in [0, 0.05) is 24.6 Å². The van der Waals surface area contributed by atoms with Crippen molar-refractivity contribution in [2.75, 3.05) is 33.1 Å². The average Bonchev–Trinajstić information content (AvgIpc) is 3.10. The summed E-state index contributed by atoms with van der Waals surface area (Å²) in [4.78, 5) is 14.5. The van der Waals surface area contributed by atoms with Crippen LogP contribution >= 0.6 is 11.6 Å². The fourth-order valence-corrected chi connectivity index (χ4v) is 5.58. The van der Waals surface area contributed by atoms with E-state index in [1.165, 1.54) is 52.3 Å². The van der Waals surface area contributed by atoms with Gasteiger partial charge in [-0.2, -0.15) is 0 Å². The number of phenolic OH excluding ortho intramolecular Hbond substituents is 3. The number of fused-ring (bicyclic) bond motifs is 1. The summed E-state index contributed by atoms with van der Waals surface area (Å²) < 4.78 is 11.2. The molecule has 0 bridgehead atoms. The van der Waals surface area contributed by atoms with Gasteiger partial charge < -0.3 is 29.4 Å². The predicted octanol–water partition coefficient (Wildman–Crippen LogP) is 8.79. The van der Waals surface area contributed by atoms with Crippen LogP contribution in [0.15, 0.2) is 137 Å². The number of aromatic hydroxyl groups is 3. The van der Waals surface area contributed by atoms with Crippen molar-refractivity contribution < 1.29 is 24.5 Å². The minimum absolute atomic E-state index is 0.00775. The van der Waals surface area contributed by atoms with E-state index in [-0.39, 0.29) is 33.8 Å². The van der Waals surface area contributed by atoms with Crippen LogP contribution in [0, 0.1) is 0 Å². The van der Waals surface area contributed by atoms with Crippen LogP contribution in [-0.2, 0) is 0 Å². The first-order chi connectivity index (χ1) is 23.7. The molecule has 0 spiro atoms. The molecule has 1 aromatic heterocycles. The lowest BCUT2D eigenvalue weighted by molar-refractivity contribution is 0.261. The van der Waals surface area contributed by atoms with Gasteiger partial charge >= 0.3 is 0 Å². The highest BCUT2D eigenvalue weighted by Crippen LogP contribution is 2.35. The number of rotatable bonds is 10. The third-order valence-electron chi connectivity index (χ3n) is 7.80. The van der Waals surface area contributed by atoms with Crippen LogP contribution in [0.2, 0.25) is 0 Å². The lowest BCUT2D eigenvalue weighted by Crippen LogP contribution is -2.19. The second-order valence-electron chi connectivity index (χ2n) is 11.6. The van der Waals surface area contributed by atoms with Crippen molar-refractivity contribution in [2.24, 2.45) is 0 Å². The summed E-state index contributed by atoms with van der Waals surface area (Å²) in [5.41, 5.74) is 6.57. The molecular weight excluding hydrogens is 638 g/mol. The molecule has 5 aromatic carbocycles. The first-order valence-corrected chi connectivity index (χ1v) is 16.3. The molecule has 0 aliphatic heterocycles. The van der Waals surface area contributed by atoms with Gasteiger partial charge in [-0.15, -0.1) is 11.6 Å². The Bertz CT molecular complexity index is 2060. The molecule has 0 aliphatic carbocycles. The molecule has 0 saturated carbocycles. The number of benzene rings is 5. The number of alkyl halides is 1. The van der Waals surface area contributed by atoms with Gasteiger partial charge in [-0.05, 0) is 78.2 Å². The van der Waals surface area contributed by atoms with E-state index in [1.54, 1.807) is 12.1 Å². The largest absolute Gasteiger partial charge is 0.508 e. The number of halogens is 1. The number of phenols is 3. The molecule has 6 rings (SSSR count). The van der Waals surface area contributed by atoms with Gasteiger partial charge in [0.05, 0.1) is 5.56 Å². The van der Waals surface area contributed by atoms with E-state index < -0.39 is 5.43 Å². The highest BCUT2D eigenvalue weighted by atomic mass is 35.5. The molecule has 0 saturated heterocycles. The number of nitrogens with zero attached hydrogens (tertiary/aromatic N) is 1. The summed E-state index contributed by atoms with van der Waals surface area (Å²) in [6.07, 6.45) is 2.06. The van der Waals surface area contributed by atoms with Crippen molar-refractivity contribution in [3.63, 3.8) is 0 Å². The van der Waals surface area contributed by atoms with Crippen LogP contribution in [0.5, 0.6) is 23.0 Å². The zero-order valence-electron chi connectivity index (χ0n) is 27.3. The van der Waals surface area contributed by atoms with Gasteiger partial charge in [-0.1, -0.05) is 84.9 Å². The Hall–Kier alpha value is -5.50. The molecule has 0 amide bonds. The quantitative estimate of drug-likeness (QED) is 0.0985. The van der Waals surface area contributed by atoms with E-state index in [1.807, 2.05) is 26.2 Å². The second-order valence-corrected chi connectivity index (χ2v) is 11.9. The molecule has 0 atom stereocenters. The maximum absolute atomic E-state index is 12.4. The summed E-state index contributed by atoms with van der Waals surface area (Å²) in [6, 6.07) is 37.8. The summed E-state index contributed by atoms with van der Waals surface area (Å²) in [5.74, 6) is 1.03. The zero-order valence-corrected chi connectivity index (χ0v) is 28.1. The standard InChI is InChI=1S/C26H28ClNO.C15H10O5/c1-28(2)19-20-29-24-15-13-23(14-16-24)26(22-11-7-4-8-12-22)25(17-18-27)21-9-5-3-6-10-21;16-9-3-1-8(2-4-9)11-7-20-13-6-10(17)5-12(18)14(13)15(11)19/h3-16H,17-20H2,1-2H3;1-7,16-18H/b26-25-;. The SMILES string of the molecule is CN(C)CCOc1ccc(/C(=C(/CCCl)c2ccccc2)c2ccccc2)cc1.O=c1c(-c2ccc(O)cc2)coc2cc(O)cc(O)c12. The maximum Gasteiger partial charge on any atom is 0.204 e. The van der Waals surface area contributed by atoms with E-state index in [9.17, 15) is 20.1 Å². The topological polar surface area (TPSA) is 103 Å². The molecular formula is C41H38ClNO6. The van der Waals surface area contributed by atoms with Crippen molar-refractivity contribution in [1.29, 1.82) is 0 Å². The van der Waals surface area contributed by atoms with Gasteiger partial charge in [-0.3, -0.25) is 4.79 Å². The molecule has 7 nitrogen and oxygen atoms in total. The molecule has 6 aromatic rings.